The molecular weight excluding hydrogens is 270 g/mol. The number of halogens is 1. The highest BCUT2D eigenvalue weighted by Crippen LogP contribution is 2.27. The van der Waals surface area contributed by atoms with E-state index in [-0.39, 0.29) is 6.10 Å². The molecule has 0 aliphatic carbocycles. The van der Waals surface area contributed by atoms with Crippen molar-refractivity contribution in [1.82, 2.24) is 4.98 Å². The first-order valence-electron chi connectivity index (χ1n) is 6.53. The van der Waals surface area contributed by atoms with Gasteiger partial charge in [-0.15, -0.1) is 22.9 Å². The fourth-order valence-corrected chi connectivity index (χ4v) is 3.24. The van der Waals surface area contributed by atoms with Crippen molar-refractivity contribution in [3.05, 3.63) is 16.1 Å². The van der Waals surface area contributed by atoms with E-state index in [9.17, 15) is 0 Å². The van der Waals surface area contributed by atoms with Crippen LogP contribution in [0.5, 0.6) is 0 Å². The number of thiazole rings is 1. The van der Waals surface area contributed by atoms with Crippen molar-refractivity contribution < 1.29 is 9.47 Å². The predicted molar refractivity (Wildman–Crippen MR) is 74.2 cm³/mol. The third-order valence-electron chi connectivity index (χ3n) is 3.23. The molecule has 1 aliphatic heterocycles. The molecule has 1 aliphatic rings. The standard InChI is InChI=1S/C13H20ClNO2S/c1-2-12(13-15-11(7-14)9-18-13)17-8-10-3-5-16-6-4-10/h9-10,12H,2-8H2,1H3. The first-order valence-corrected chi connectivity index (χ1v) is 7.94. The second kappa shape index (κ2) is 7.43. The second-order valence-electron chi connectivity index (χ2n) is 4.60. The first-order chi connectivity index (χ1) is 8.83. The van der Waals surface area contributed by atoms with E-state index in [0.29, 0.717) is 11.8 Å². The van der Waals surface area contributed by atoms with Gasteiger partial charge in [0, 0.05) is 18.6 Å². The molecule has 1 aromatic rings. The molecule has 0 aromatic carbocycles. The van der Waals surface area contributed by atoms with Crippen molar-refractivity contribution in [3.63, 3.8) is 0 Å². The zero-order chi connectivity index (χ0) is 12.8. The quantitative estimate of drug-likeness (QED) is 0.747. The SMILES string of the molecule is CCC(OCC1CCOCC1)c1nc(CCl)cs1. The number of hydrogen-bond acceptors (Lipinski definition) is 4. The number of rotatable bonds is 6. The maximum atomic E-state index is 6.02. The van der Waals surface area contributed by atoms with Crippen LogP contribution < -0.4 is 0 Å². The van der Waals surface area contributed by atoms with E-state index in [1.165, 1.54) is 0 Å². The number of ether oxygens (including phenoxy) is 2. The Morgan fingerprint density at radius 1 is 1.56 bits per heavy atom. The summed E-state index contributed by atoms with van der Waals surface area (Å²) in [6, 6.07) is 0. The molecule has 0 spiro atoms. The molecule has 1 atom stereocenters. The minimum Gasteiger partial charge on any atom is -0.381 e. The summed E-state index contributed by atoms with van der Waals surface area (Å²) in [5, 5.41) is 3.07. The molecular formula is C13H20ClNO2S. The van der Waals surface area contributed by atoms with E-state index in [4.69, 9.17) is 21.1 Å². The molecule has 2 heterocycles. The lowest BCUT2D eigenvalue weighted by atomic mass is 10.0. The molecule has 0 radical (unpaired) electrons. The molecule has 0 N–H and O–H groups in total. The highest BCUT2D eigenvalue weighted by molar-refractivity contribution is 7.09. The van der Waals surface area contributed by atoms with Gasteiger partial charge < -0.3 is 9.47 Å². The third-order valence-corrected chi connectivity index (χ3v) is 4.49. The monoisotopic (exact) mass is 289 g/mol. The molecule has 1 unspecified atom stereocenters. The Labute approximate surface area is 117 Å². The first kappa shape index (κ1) is 14.3. The smallest absolute Gasteiger partial charge is 0.122 e. The minimum atomic E-state index is 0.120. The summed E-state index contributed by atoms with van der Waals surface area (Å²) >= 11 is 7.42. The van der Waals surface area contributed by atoms with E-state index in [1.807, 2.05) is 5.38 Å². The zero-order valence-corrected chi connectivity index (χ0v) is 12.3. The molecule has 1 saturated heterocycles. The molecule has 0 amide bonds. The lowest BCUT2D eigenvalue weighted by Gasteiger charge is -2.24. The molecule has 3 nitrogen and oxygen atoms in total. The van der Waals surface area contributed by atoms with Crippen LogP contribution in [0.1, 0.15) is 43.0 Å². The molecule has 1 fully saturated rings. The normalized spacial score (nSPS) is 19.0. The Hall–Kier alpha value is -0.160. The molecule has 0 saturated carbocycles. The van der Waals surface area contributed by atoms with Gasteiger partial charge in [-0.3, -0.25) is 0 Å². The van der Waals surface area contributed by atoms with Crippen LogP contribution in [0.15, 0.2) is 5.38 Å². The second-order valence-corrected chi connectivity index (χ2v) is 5.75. The summed E-state index contributed by atoms with van der Waals surface area (Å²) < 4.78 is 11.4. The maximum Gasteiger partial charge on any atom is 0.122 e. The van der Waals surface area contributed by atoms with Crippen LogP contribution in [0, 0.1) is 5.92 Å². The lowest BCUT2D eigenvalue weighted by molar-refractivity contribution is -0.0131. The highest BCUT2D eigenvalue weighted by atomic mass is 35.5. The van der Waals surface area contributed by atoms with E-state index >= 15 is 0 Å². The topological polar surface area (TPSA) is 31.4 Å². The van der Waals surface area contributed by atoms with Gasteiger partial charge in [-0.2, -0.15) is 0 Å². The average Bonchev–Trinajstić information content (AvgIpc) is 2.89. The van der Waals surface area contributed by atoms with Gasteiger partial charge in [0.05, 0.1) is 18.2 Å². The van der Waals surface area contributed by atoms with E-state index in [2.05, 4.69) is 11.9 Å². The van der Waals surface area contributed by atoms with Gasteiger partial charge in [-0.25, -0.2) is 4.98 Å². The molecule has 102 valence electrons. The summed E-state index contributed by atoms with van der Waals surface area (Å²) in [7, 11) is 0. The molecule has 0 bridgehead atoms. The number of hydrogen-bond donors (Lipinski definition) is 0. The van der Waals surface area contributed by atoms with E-state index in [0.717, 1.165) is 49.8 Å². The Bertz CT molecular complexity index is 353. The Balaban J connectivity index is 1.84. The number of nitrogens with zero attached hydrogens (tertiary/aromatic N) is 1. The van der Waals surface area contributed by atoms with Crippen LogP contribution in [0.2, 0.25) is 0 Å². The van der Waals surface area contributed by atoms with Gasteiger partial charge in [0.2, 0.25) is 0 Å². The summed E-state index contributed by atoms with van der Waals surface area (Å²) in [5.41, 5.74) is 0.949. The highest BCUT2D eigenvalue weighted by Gasteiger charge is 2.19. The summed E-state index contributed by atoms with van der Waals surface area (Å²) in [6.45, 7) is 4.70. The average molecular weight is 290 g/mol. The van der Waals surface area contributed by atoms with Crippen LogP contribution in [0.4, 0.5) is 0 Å². The van der Waals surface area contributed by atoms with E-state index in [1.54, 1.807) is 11.3 Å². The summed E-state index contributed by atoms with van der Waals surface area (Å²) in [4.78, 5) is 4.50. The predicted octanol–water partition coefficient (Wildman–Crippen LogP) is 3.78. The van der Waals surface area contributed by atoms with Crippen LogP contribution in [0.3, 0.4) is 0 Å². The zero-order valence-electron chi connectivity index (χ0n) is 10.7. The number of alkyl halides is 1. The van der Waals surface area contributed by atoms with Gasteiger partial charge >= 0.3 is 0 Å². The van der Waals surface area contributed by atoms with Crippen LogP contribution in [0.25, 0.3) is 0 Å². The van der Waals surface area contributed by atoms with Crippen molar-refractivity contribution in [2.45, 2.75) is 38.2 Å². The van der Waals surface area contributed by atoms with Crippen molar-refractivity contribution in [2.75, 3.05) is 19.8 Å². The molecule has 2 rings (SSSR count). The molecule has 5 heteroatoms. The van der Waals surface area contributed by atoms with Crippen LogP contribution in [-0.4, -0.2) is 24.8 Å². The van der Waals surface area contributed by atoms with Crippen LogP contribution in [-0.2, 0) is 15.4 Å². The summed E-state index contributed by atoms with van der Waals surface area (Å²) in [5.74, 6) is 1.12. The van der Waals surface area contributed by atoms with Crippen LogP contribution >= 0.6 is 22.9 Å². The van der Waals surface area contributed by atoms with E-state index < -0.39 is 0 Å². The Morgan fingerprint density at radius 2 is 2.33 bits per heavy atom. The van der Waals surface area contributed by atoms with Gasteiger partial charge in [-0.05, 0) is 25.2 Å². The van der Waals surface area contributed by atoms with Crippen molar-refractivity contribution in [3.8, 4) is 0 Å². The lowest BCUT2D eigenvalue weighted by Crippen LogP contribution is -2.21. The fraction of sp³-hybridized carbons (Fsp3) is 0.769. The van der Waals surface area contributed by atoms with Crippen molar-refractivity contribution >= 4 is 22.9 Å². The summed E-state index contributed by atoms with van der Waals surface area (Å²) in [6.07, 6.45) is 3.30. The van der Waals surface area contributed by atoms with Crippen molar-refractivity contribution in [2.24, 2.45) is 5.92 Å². The fourth-order valence-electron chi connectivity index (χ4n) is 2.06. The largest absolute Gasteiger partial charge is 0.381 e. The molecule has 1 aromatic heterocycles. The minimum absolute atomic E-state index is 0.120. The maximum absolute atomic E-state index is 6.02. The number of aromatic nitrogens is 1. The van der Waals surface area contributed by atoms with Gasteiger partial charge in [0.1, 0.15) is 11.1 Å². The Morgan fingerprint density at radius 3 is 2.94 bits per heavy atom. The van der Waals surface area contributed by atoms with Gasteiger partial charge in [0.25, 0.3) is 0 Å². The van der Waals surface area contributed by atoms with Gasteiger partial charge in [-0.1, -0.05) is 6.92 Å². The molecule has 18 heavy (non-hydrogen) atoms. The third kappa shape index (κ3) is 3.92. The van der Waals surface area contributed by atoms with Crippen molar-refractivity contribution in [1.29, 1.82) is 0 Å². The Kier molecular flexibility index (Phi) is 5.89. The van der Waals surface area contributed by atoms with Gasteiger partial charge in [0.15, 0.2) is 0 Å².